The Kier molecular flexibility index (Phi) is 7.13. The Morgan fingerprint density at radius 1 is 0.842 bits per heavy atom. The molecule has 9 nitrogen and oxygen atoms in total. The minimum atomic E-state index is 0.426. The Bertz CT molecular complexity index is 1450. The maximum absolute atomic E-state index is 10.4. The molecular formula is C28H27N7O2S. The summed E-state index contributed by atoms with van der Waals surface area (Å²) in [6, 6.07) is 22.4. The molecule has 10 heteroatoms. The Labute approximate surface area is 225 Å². The van der Waals surface area contributed by atoms with Gasteiger partial charge >= 0.3 is 0 Å². The molecule has 4 aromatic rings. The molecule has 2 aliphatic rings. The molecule has 0 radical (unpaired) electrons. The van der Waals surface area contributed by atoms with Crippen LogP contribution in [0.5, 0.6) is 0 Å². The topological polar surface area (TPSA) is 92.3 Å². The summed E-state index contributed by atoms with van der Waals surface area (Å²) >= 11 is 1.58. The van der Waals surface area contributed by atoms with Crippen molar-refractivity contribution in [3.63, 3.8) is 0 Å². The van der Waals surface area contributed by atoms with Crippen LogP contribution >= 0.6 is 11.3 Å². The highest BCUT2D eigenvalue weighted by Crippen LogP contribution is 2.36. The molecular weight excluding hydrogens is 498 g/mol. The van der Waals surface area contributed by atoms with Gasteiger partial charge in [-0.05, 0) is 18.2 Å². The lowest BCUT2D eigenvalue weighted by atomic mass is 10.1. The molecule has 0 amide bonds. The van der Waals surface area contributed by atoms with Crippen LogP contribution in [0.2, 0.25) is 0 Å². The molecule has 0 unspecified atom stereocenters. The van der Waals surface area contributed by atoms with Crippen LogP contribution in [-0.4, -0.2) is 72.4 Å². The van der Waals surface area contributed by atoms with Crippen molar-refractivity contribution >= 4 is 34.1 Å². The average molecular weight is 526 g/mol. The van der Waals surface area contributed by atoms with E-state index < -0.39 is 0 Å². The van der Waals surface area contributed by atoms with E-state index in [1.165, 1.54) is 0 Å². The molecule has 0 N–H and O–H groups in total. The molecule has 2 saturated heterocycles. The Morgan fingerprint density at radius 3 is 2.13 bits per heavy atom. The van der Waals surface area contributed by atoms with E-state index in [9.17, 15) is 5.26 Å². The molecule has 0 aliphatic carbocycles. The predicted molar refractivity (Wildman–Crippen MR) is 148 cm³/mol. The molecule has 2 aliphatic heterocycles. The molecule has 2 aromatic carbocycles. The van der Waals surface area contributed by atoms with E-state index >= 15 is 0 Å². The van der Waals surface area contributed by atoms with Crippen molar-refractivity contribution in [2.24, 2.45) is 0 Å². The number of aromatic nitrogens is 4. The average Bonchev–Trinajstić information content (AvgIpc) is 3.63. The number of nitrogens with zero attached hydrogens (tertiary/aromatic N) is 7. The van der Waals surface area contributed by atoms with Gasteiger partial charge in [0.25, 0.3) is 0 Å². The van der Waals surface area contributed by atoms with Gasteiger partial charge < -0.3 is 19.3 Å². The number of para-hydroxylation sites is 1. The highest BCUT2D eigenvalue weighted by atomic mass is 32.1. The Morgan fingerprint density at radius 2 is 1.47 bits per heavy atom. The van der Waals surface area contributed by atoms with Crippen LogP contribution in [0.15, 0.2) is 60.7 Å². The molecule has 2 aromatic heterocycles. The van der Waals surface area contributed by atoms with E-state index in [0.717, 1.165) is 40.0 Å². The summed E-state index contributed by atoms with van der Waals surface area (Å²) in [4.78, 5) is 10.3. The number of anilines is 2. The smallest absolute Gasteiger partial charge is 0.232 e. The fourth-order valence-corrected chi connectivity index (χ4v) is 5.70. The first-order chi connectivity index (χ1) is 18.8. The van der Waals surface area contributed by atoms with Gasteiger partial charge in [-0.25, -0.2) is 4.98 Å². The van der Waals surface area contributed by atoms with E-state index in [1.54, 1.807) is 11.3 Å². The second-order valence-corrected chi connectivity index (χ2v) is 9.95. The Balaban J connectivity index is 1.47. The first kappa shape index (κ1) is 24.3. The number of hydrogen-bond acceptors (Lipinski definition) is 9. The molecule has 38 heavy (non-hydrogen) atoms. The lowest BCUT2D eigenvalue weighted by molar-refractivity contribution is 0.122. The summed E-state index contributed by atoms with van der Waals surface area (Å²) < 4.78 is 13.1. The van der Waals surface area contributed by atoms with Crippen molar-refractivity contribution in [1.29, 1.82) is 5.26 Å². The van der Waals surface area contributed by atoms with Gasteiger partial charge in [-0.15, -0.1) is 10.2 Å². The summed E-state index contributed by atoms with van der Waals surface area (Å²) in [6.45, 7) is 5.63. The normalized spacial score (nSPS) is 16.4. The van der Waals surface area contributed by atoms with Crippen LogP contribution in [0.3, 0.4) is 0 Å². The first-order valence-electron chi connectivity index (χ1n) is 12.7. The summed E-state index contributed by atoms with van der Waals surface area (Å²) in [7, 11) is 0. The van der Waals surface area contributed by atoms with Crippen molar-refractivity contribution in [1.82, 2.24) is 19.7 Å². The number of benzene rings is 2. The zero-order chi connectivity index (χ0) is 25.7. The fraction of sp³-hybridized carbons (Fsp3) is 0.286. The van der Waals surface area contributed by atoms with Gasteiger partial charge in [-0.1, -0.05) is 59.9 Å². The summed E-state index contributed by atoms with van der Waals surface area (Å²) in [5, 5.41) is 20.4. The maximum Gasteiger partial charge on any atom is 0.232 e. The van der Waals surface area contributed by atoms with Crippen LogP contribution in [0.4, 0.5) is 11.1 Å². The zero-order valence-electron chi connectivity index (χ0n) is 20.9. The number of allylic oxidation sites excluding steroid dienone is 1. The van der Waals surface area contributed by atoms with Gasteiger partial charge in [0.1, 0.15) is 6.07 Å². The van der Waals surface area contributed by atoms with Gasteiger partial charge in [-0.2, -0.15) is 5.26 Å². The van der Waals surface area contributed by atoms with Crippen LogP contribution in [0.25, 0.3) is 28.6 Å². The van der Waals surface area contributed by atoms with E-state index in [4.69, 9.17) is 14.5 Å². The third-order valence-electron chi connectivity index (χ3n) is 6.56. The zero-order valence-corrected chi connectivity index (χ0v) is 21.7. The van der Waals surface area contributed by atoms with Crippen molar-refractivity contribution in [2.45, 2.75) is 0 Å². The number of nitriles is 1. The summed E-state index contributed by atoms with van der Waals surface area (Å²) in [6.07, 6.45) is 1.90. The van der Waals surface area contributed by atoms with Gasteiger partial charge in [0.2, 0.25) is 5.95 Å². The van der Waals surface area contributed by atoms with Crippen molar-refractivity contribution in [3.8, 4) is 23.0 Å². The molecule has 2 fully saturated rings. The standard InChI is InChI=1S/C28H27N7O2S/c29-20-22(26-31-32-27(33-11-15-36-16-12-33)35(26)23-9-5-2-6-10-23)19-24-25(21-7-3-1-4-8-21)30-28(38-24)34-13-17-37-18-14-34/h1-10,19H,11-18H2/b22-19-. The highest BCUT2D eigenvalue weighted by Gasteiger charge is 2.25. The SMILES string of the molecule is N#C/C(=C/c1sc(N2CCOCC2)nc1-c1ccccc1)c1nnc(N2CCOCC2)n1-c1ccccc1. The molecule has 0 saturated carbocycles. The van der Waals surface area contributed by atoms with Gasteiger partial charge in [0.05, 0.1) is 48.3 Å². The third-order valence-corrected chi connectivity index (χ3v) is 7.63. The molecule has 0 atom stereocenters. The number of rotatable bonds is 6. The van der Waals surface area contributed by atoms with E-state index in [1.807, 2.05) is 71.3 Å². The number of hydrogen-bond donors (Lipinski definition) is 0. The second kappa shape index (κ2) is 11.1. The van der Waals surface area contributed by atoms with E-state index in [-0.39, 0.29) is 0 Å². The lowest BCUT2D eigenvalue weighted by Crippen LogP contribution is -2.38. The van der Waals surface area contributed by atoms with Crippen LogP contribution in [0.1, 0.15) is 10.7 Å². The predicted octanol–water partition coefficient (Wildman–Crippen LogP) is 4.13. The Hall–Kier alpha value is -4.04. The van der Waals surface area contributed by atoms with Gasteiger partial charge in [0.15, 0.2) is 11.0 Å². The number of morpholine rings is 2. The number of thiazole rings is 1. The quantitative estimate of drug-likeness (QED) is 0.347. The minimum absolute atomic E-state index is 0.426. The van der Waals surface area contributed by atoms with E-state index in [0.29, 0.717) is 56.9 Å². The van der Waals surface area contributed by atoms with Crippen LogP contribution in [-0.2, 0) is 9.47 Å². The van der Waals surface area contributed by atoms with Crippen molar-refractivity contribution in [2.75, 3.05) is 62.4 Å². The number of ether oxygens (including phenoxy) is 2. The van der Waals surface area contributed by atoms with Crippen LogP contribution in [0, 0.1) is 11.3 Å². The summed E-state index contributed by atoms with van der Waals surface area (Å²) in [5.41, 5.74) is 3.18. The van der Waals surface area contributed by atoms with Crippen molar-refractivity contribution in [3.05, 3.63) is 71.4 Å². The maximum atomic E-state index is 10.4. The molecule has 0 spiro atoms. The first-order valence-corrected chi connectivity index (χ1v) is 13.5. The highest BCUT2D eigenvalue weighted by molar-refractivity contribution is 7.17. The molecule has 4 heterocycles. The summed E-state index contributed by atoms with van der Waals surface area (Å²) in [5.74, 6) is 1.21. The third kappa shape index (κ3) is 4.91. The second-order valence-electron chi connectivity index (χ2n) is 8.94. The minimum Gasteiger partial charge on any atom is -0.378 e. The van der Waals surface area contributed by atoms with Gasteiger partial charge in [0, 0.05) is 31.7 Å². The fourth-order valence-electron chi connectivity index (χ4n) is 4.62. The molecule has 6 rings (SSSR count). The lowest BCUT2D eigenvalue weighted by Gasteiger charge is -2.28. The van der Waals surface area contributed by atoms with E-state index in [2.05, 4.69) is 26.1 Å². The monoisotopic (exact) mass is 525 g/mol. The largest absolute Gasteiger partial charge is 0.378 e. The van der Waals surface area contributed by atoms with Crippen LogP contribution < -0.4 is 9.80 Å². The molecule has 192 valence electrons. The molecule has 0 bridgehead atoms. The van der Waals surface area contributed by atoms with Gasteiger partial charge in [-0.3, -0.25) is 4.57 Å². The van der Waals surface area contributed by atoms with Crippen molar-refractivity contribution < 1.29 is 9.47 Å².